The fraction of sp³-hybridized carbons (Fsp3) is 0.429. The number of carboxylic acids is 1. The maximum Gasteiger partial charge on any atom is 0.337 e. The van der Waals surface area contributed by atoms with Crippen LogP contribution in [0.2, 0.25) is 5.02 Å². The molecule has 1 unspecified atom stereocenters. The van der Waals surface area contributed by atoms with Gasteiger partial charge in [-0.05, 0) is 25.0 Å². The van der Waals surface area contributed by atoms with Gasteiger partial charge in [0.25, 0.3) is 0 Å². The van der Waals surface area contributed by atoms with Crippen LogP contribution in [0.3, 0.4) is 0 Å². The number of nitrogen functional groups attached to an aromatic ring is 1. The molecule has 0 aromatic heterocycles. The highest BCUT2D eigenvalue weighted by Crippen LogP contribution is 2.35. The van der Waals surface area contributed by atoms with Crippen molar-refractivity contribution in [3.8, 4) is 0 Å². The zero-order valence-corrected chi connectivity index (χ0v) is 12.5. The first-order chi connectivity index (χ1) is 9.93. The lowest BCUT2D eigenvalue weighted by Crippen LogP contribution is -2.42. The lowest BCUT2D eigenvalue weighted by molar-refractivity contribution is -0.124. The van der Waals surface area contributed by atoms with Crippen LogP contribution in [0.25, 0.3) is 0 Å². The van der Waals surface area contributed by atoms with Crippen molar-refractivity contribution < 1.29 is 14.7 Å². The number of aromatic carboxylic acids is 1. The molecule has 1 fully saturated rings. The molecule has 21 heavy (non-hydrogen) atoms. The smallest absolute Gasteiger partial charge is 0.337 e. The van der Waals surface area contributed by atoms with Gasteiger partial charge < -0.3 is 21.1 Å². The molecule has 0 aliphatic carbocycles. The second-order valence-corrected chi connectivity index (χ2v) is 5.51. The molecule has 0 spiro atoms. The Bertz CT molecular complexity index is 577. The van der Waals surface area contributed by atoms with Gasteiger partial charge in [-0.15, -0.1) is 0 Å². The Morgan fingerprint density at radius 3 is 2.81 bits per heavy atom. The first-order valence-electron chi connectivity index (χ1n) is 6.73. The van der Waals surface area contributed by atoms with Crippen LogP contribution >= 0.6 is 11.6 Å². The van der Waals surface area contributed by atoms with Crippen LogP contribution < -0.4 is 16.0 Å². The Balaban J connectivity index is 2.37. The minimum absolute atomic E-state index is 0.0388. The van der Waals surface area contributed by atoms with Gasteiger partial charge in [0.1, 0.15) is 0 Å². The largest absolute Gasteiger partial charge is 0.478 e. The number of benzene rings is 1. The average Bonchev–Trinajstić information content (AvgIpc) is 2.45. The van der Waals surface area contributed by atoms with Crippen molar-refractivity contribution in [2.24, 2.45) is 5.92 Å². The molecule has 2 rings (SSSR count). The molecular formula is C14H18ClN3O3. The predicted octanol–water partition coefficient (Wildman–Crippen LogP) is 1.58. The molecule has 1 saturated heterocycles. The molecule has 6 nitrogen and oxygen atoms in total. The monoisotopic (exact) mass is 311 g/mol. The number of hydrogen-bond donors (Lipinski definition) is 3. The van der Waals surface area contributed by atoms with Gasteiger partial charge in [0.2, 0.25) is 5.91 Å². The second kappa shape index (κ2) is 6.22. The van der Waals surface area contributed by atoms with Crippen LogP contribution in [0.1, 0.15) is 23.2 Å². The number of carboxylic acid groups (broad SMARTS) is 1. The fourth-order valence-corrected chi connectivity index (χ4v) is 3.05. The van der Waals surface area contributed by atoms with Gasteiger partial charge in [-0.3, -0.25) is 4.79 Å². The molecule has 0 saturated carbocycles. The van der Waals surface area contributed by atoms with E-state index in [1.807, 2.05) is 4.90 Å². The summed E-state index contributed by atoms with van der Waals surface area (Å²) in [7, 11) is 1.60. The summed E-state index contributed by atoms with van der Waals surface area (Å²) in [5, 5.41) is 12.3. The van der Waals surface area contributed by atoms with Crippen molar-refractivity contribution in [3.63, 3.8) is 0 Å². The Labute approximate surface area is 127 Å². The third-order valence-electron chi connectivity index (χ3n) is 3.67. The van der Waals surface area contributed by atoms with Crippen LogP contribution in [0, 0.1) is 5.92 Å². The zero-order chi connectivity index (χ0) is 15.6. The van der Waals surface area contributed by atoms with E-state index in [9.17, 15) is 14.7 Å². The first-order valence-corrected chi connectivity index (χ1v) is 7.10. The zero-order valence-electron chi connectivity index (χ0n) is 11.7. The second-order valence-electron chi connectivity index (χ2n) is 5.10. The molecule has 4 N–H and O–H groups in total. The molecule has 1 aliphatic rings. The van der Waals surface area contributed by atoms with E-state index in [-0.39, 0.29) is 17.4 Å². The summed E-state index contributed by atoms with van der Waals surface area (Å²) in [6.07, 6.45) is 1.59. The van der Waals surface area contributed by atoms with Crippen molar-refractivity contribution >= 4 is 34.9 Å². The standard InChI is InChI=1S/C14H18ClN3O3/c1-17-13(19)8-3-2-4-18(7-8)12-10(14(20)21)5-9(16)6-11(12)15/h5-6,8H,2-4,7,16H2,1H3,(H,17,19)(H,20,21). The topological polar surface area (TPSA) is 95.7 Å². The number of rotatable bonds is 3. The number of carbonyl (C=O) groups is 2. The van der Waals surface area contributed by atoms with Crippen LogP contribution in [0.5, 0.6) is 0 Å². The number of halogens is 1. The van der Waals surface area contributed by atoms with Gasteiger partial charge >= 0.3 is 5.97 Å². The SMILES string of the molecule is CNC(=O)C1CCCN(c2c(Cl)cc(N)cc2C(=O)O)C1. The van der Waals surface area contributed by atoms with Gasteiger partial charge in [0.05, 0.1) is 22.2 Å². The number of nitrogens with two attached hydrogens (primary N) is 1. The van der Waals surface area contributed by atoms with Crippen molar-refractivity contribution in [2.45, 2.75) is 12.8 Å². The Hall–Kier alpha value is -1.95. The lowest BCUT2D eigenvalue weighted by atomic mass is 9.96. The van der Waals surface area contributed by atoms with Crippen molar-refractivity contribution in [3.05, 3.63) is 22.7 Å². The fourth-order valence-electron chi connectivity index (χ4n) is 2.70. The van der Waals surface area contributed by atoms with Crippen LogP contribution in [0.15, 0.2) is 12.1 Å². The number of nitrogens with one attached hydrogen (secondary N) is 1. The summed E-state index contributed by atoms with van der Waals surface area (Å²) < 4.78 is 0. The predicted molar refractivity (Wildman–Crippen MR) is 81.8 cm³/mol. The number of hydrogen-bond acceptors (Lipinski definition) is 4. The Morgan fingerprint density at radius 1 is 1.48 bits per heavy atom. The normalized spacial score (nSPS) is 18.4. The Morgan fingerprint density at radius 2 is 2.19 bits per heavy atom. The highest BCUT2D eigenvalue weighted by atomic mass is 35.5. The number of piperidine rings is 1. The summed E-state index contributed by atoms with van der Waals surface area (Å²) >= 11 is 6.19. The van der Waals surface area contributed by atoms with E-state index < -0.39 is 5.97 Å². The van der Waals surface area contributed by atoms with Gasteiger partial charge in [-0.25, -0.2) is 4.79 Å². The van der Waals surface area contributed by atoms with E-state index >= 15 is 0 Å². The Kier molecular flexibility index (Phi) is 4.57. The molecule has 114 valence electrons. The number of nitrogens with zero attached hydrogens (tertiary/aromatic N) is 1. The number of amides is 1. The molecule has 7 heteroatoms. The molecule has 1 atom stereocenters. The maximum absolute atomic E-state index is 11.8. The van der Waals surface area contributed by atoms with E-state index in [1.165, 1.54) is 12.1 Å². The molecular weight excluding hydrogens is 294 g/mol. The summed E-state index contributed by atoms with van der Waals surface area (Å²) in [5.41, 5.74) is 6.47. The molecule has 1 heterocycles. The maximum atomic E-state index is 11.8. The quantitative estimate of drug-likeness (QED) is 0.737. The van der Waals surface area contributed by atoms with Gasteiger partial charge in [-0.2, -0.15) is 0 Å². The highest BCUT2D eigenvalue weighted by molar-refractivity contribution is 6.34. The van der Waals surface area contributed by atoms with Gasteiger partial charge in [0.15, 0.2) is 0 Å². The minimum Gasteiger partial charge on any atom is -0.478 e. The summed E-state index contributed by atoms with van der Waals surface area (Å²) in [5.74, 6) is -1.29. The van der Waals surface area contributed by atoms with Crippen molar-refractivity contribution in [1.82, 2.24) is 5.32 Å². The van der Waals surface area contributed by atoms with Crippen LogP contribution in [-0.4, -0.2) is 37.1 Å². The van der Waals surface area contributed by atoms with Gasteiger partial charge in [-0.1, -0.05) is 11.6 Å². The molecule has 0 bridgehead atoms. The summed E-state index contributed by atoms with van der Waals surface area (Å²) in [4.78, 5) is 25.1. The number of anilines is 2. The molecule has 1 aromatic rings. The summed E-state index contributed by atoms with van der Waals surface area (Å²) in [6, 6.07) is 2.93. The highest BCUT2D eigenvalue weighted by Gasteiger charge is 2.29. The van der Waals surface area contributed by atoms with E-state index in [0.29, 0.717) is 29.5 Å². The third-order valence-corrected chi connectivity index (χ3v) is 3.96. The van der Waals surface area contributed by atoms with Crippen molar-refractivity contribution in [2.75, 3.05) is 30.8 Å². The van der Waals surface area contributed by atoms with Crippen LogP contribution in [-0.2, 0) is 4.79 Å². The molecule has 1 aliphatic heterocycles. The van der Waals surface area contributed by atoms with E-state index in [4.69, 9.17) is 17.3 Å². The minimum atomic E-state index is -1.08. The van der Waals surface area contributed by atoms with Gasteiger partial charge in [0, 0.05) is 25.8 Å². The average molecular weight is 312 g/mol. The lowest BCUT2D eigenvalue weighted by Gasteiger charge is -2.34. The van der Waals surface area contributed by atoms with E-state index in [0.717, 1.165) is 12.8 Å². The summed E-state index contributed by atoms with van der Waals surface area (Å²) in [6.45, 7) is 1.11. The number of carbonyl (C=O) groups excluding carboxylic acids is 1. The molecule has 1 aromatic carbocycles. The third kappa shape index (κ3) is 3.21. The first kappa shape index (κ1) is 15.4. The molecule has 0 radical (unpaired) electrons. The van der Waals surface area contributed by atoms with E-state index in [2.05, 4.69) is 5.32 Å². The molecule has 1 amide bonds. The van der Waals surface area contributed by atoms with E-state index in [1.54, 1.807) is 7.05 Å². The van der Waals surface area contributed by atoms with Crippen LogP contribution in [0.4, 0.5) is 11.4 Å². The van der Waals surface area contributed by atoms with Crippen molar-refractivity contribution in [1.29, 1.82) is 0 Å².